The van der Waals surface area contributed by atoms with E-state index in [9.17, 15) is 4.79 Å². The fourth-order valence-corrected chi connectivity index (χ4v) is 3.07. The van der Waals surface area contributed by atoms with Crippen LogP contribution in [0.2, 0.25) is 0 Å². The normalized spacial score (nSPS) is 14.4. The smallest absolute Gasteiger partial charge is 0.275 e. The lowest BCUT2D eigenvalue weighted by molar-refractivity contribution is 0.102. The molecule has 1 aromatic carbocycles. The number of nitrogens with zero attached hydrogens (tertiary/aromatic N) is 4. The number of amides is 1. The van der Waals surface area contributed by atoms with E-state index in [4.69, 9.17) is 0 Å². The van der Waals surface area contributed by atoms with Gasteiger partial charge >= 0.3 is 0 Å². The SMILES string of the molecule is Cc1cnc(C(=O)Nc2cc(N3CCNCC3)cc3cccnc23)cn1. The molecule has 0 aliphatic carbocycles. The minimum Gasteiger partial charge on any atom is -0.369 e. The predicted octanol–water partition coefficient (Wildman–Crippen LogP) is 2.00. The second-order valence-corrected chi connectivity index (χ2v) is 6.30. The van der Waals surface area contributed by atoms with Crippen LogP contribution in [0.1, 0.15) is 16.2 Å². The lowest BCUT2D eigenvalue weighted by Crippen LogP contribution is -2.43. The lowest BCUT2D eigenvalue weighted by Gasteiger charge is -2.30. The van der Waals surface area contributed by atoms with E-state index in [1.807, 2.05) is 25.1 Å². The molecule has 0 saturated carbocycles. The molecule has 0 radical (unpaired) electrons. The maximum Gasteiger partial charge on any atom is 0.275 e. The fraction of sp³-hybridized carbons (Fsp3) is 0.263. The van der Waals surface area contributed by atoms with Crippen LogP contribution < -0.4 is 15.5 Å². The van der Waals surface area contributed by atoms with Crippen LogP contribution in [-0.4, -0.2) is 47.0 Å². The van der Waals surface area contributed by atoms with Gasteiger partial charge in [-0.1, -0.05) is 6.07 Å². The Hall–Kier alpha value is -3.06. The Morgan fingerprint density at radius 2 is 2.00 bits per heavy atom. The standard InChI is InChI=1S/C19H20N6O/c1-13-11-23-17(12-22-13)19(26)24-16-10-15(25-7-5-20-6-8-25)9-14-3-2-4-21-18(14)16/h2-4,9-12,20H,5-8H2,1H3,(H,24,26). The van der Waals surface area contributed by atoms with Gasteiger partial charge in [-0.05, 0) is 25.1 Å². The maximum absolute atomic E-state index is 12.6. The Labute approximate surface area is 151 Å². The molecule has 3 aromatic rings. The molecule has 4 rings (SSSR count). The van der Waals surface area contributed by atoms with Crippen molar-refractivity contribution in [3.05, 3.63) is 54.2 Å². The van der Waals surface area contributed by atoms with E-state index in [-0.39, 0.29) is 11.6 Å². The number of carbonyl (C=O) groups is 1. The summed E-state index contributed by atoms with van der Waals surface area (Å²) in [5, 5.41) is 7.30. The number of carbonyl (C=O) groups excluding carboxylic acids is 1. The van der Waals surface area contributed by atoms with Gasteiger partial charge in [0.05, 0.1) is 23.1 Å². The number of nitrogens with one attached hydrogen (secondary N) is 2. The van der Waals surface area contributed by atoms with Gasteiger partial charge in [-0.25, -0.2) is 4.98 Å². The van der Waals surface area contributed by atoms with E-state index in [0.29, 0.717) is 5.69 Å². The number of fused-ring (bicyclic) bond motifs is 1. The molecule has 2 aromatic heterocycles. The van der Waals surface area contributed by atoms with Crippen molar-refractivity contribution < 1.29 is 4.79 Å². The minimum atomic E-state index is -0.290. The monoisotopic (exact) mass is 348 g/mol. The van der Waals surface area contributed by atoms with Crippen molar-refractivity contribution in [2.24, 2.45) is 0 Å². The van der Waals surface area contributed by atoms with Crippen molar-refractivity contribution in [1.29, 1.82) is 0 Å². The summed E-state index contributed by atoms with van der Waals surface area (Å²) in [5.41, 5.74) is 3.59. The Bertz CT molecular complexity index is 934. The van der Waals surface area contributed by atoms with E-state index < -0.39 is 0 Å². The van der Waals surface area contributed by atoms with Gasteiger partial charge in [-0.15, -0.1) is 0 Å². The number of rotatable bonds is 3. The first-order valence-electron chi connectivity index (χ1n) is 8.65. The Kier molecular flexibility index (Phi) is 4.45. The van der Waals surface area contributed by atoms with Crippen molar-refractivity contribution in [1.82, 2.24) is 20.3 Å². The fourth-order valence-electron chi connectivity index (χ4n) is 3.07. The summed E-state index contributed by atoms with van der Waals surface area (Å²) in [6, 6.07) is 8.02. The van der Waals surface area contributed by atoms with Gasteiger partial charge in [0.2, 0.25) is 0 Å². The van der Waals surface area contributed by atoms with E-state index >= 15 is 0 Å². The molecule has 1 saturated heterocycles. The Balaban J connectivity index is 1.70. The van der Waals surface area contributed by atoms with Gasteiger partial charge in [0.1, 0.15) is 5.69 Å². The van der Waals surface area contributed by atoms with Crippen LogP contribution in [0, 0.1) is 6.92 Å². The molecule has 1 aliphatic heterocycles. The molecule has 26 heavy (non-hydrogen) atoms. The summed E-state index contributed by atoms with van der Waals surface area (Å²) in [6.45, 7) is 5.60. The lowest BCUT2D eigenvalue weighted by atomic mass is 10.1. The Morgan fingerprint density at radius 1 is 1.15 bits per heavy atom. The van der Waals surface area contributed by atoms with Crippen molar-refractivity contribution in [3.8, 4) is 0 Å². The zero-order valence-electron chi connectivity index (χ0n) is 14.6. The molecule has 2 N–H and O–H groups in total. The molecular weight excluding hydrogens is 328 g/mol. The third-order valence-electron chi connectivity index (χ3n) is 4.43. The molecule has 7 heteroatoms. The highest BCUT2D eigenvalue weighted by Gasteiger charge is 2.16. The van der Waals surface area contributed by atoms with Crippen molar-refractivity contribution in [3.63, 3.8) is 0 Å². The molecule has 0 bridgehead atoms. The number of anilines is 2. The summed E-state index contributed by atoms with van der Waals surface area (Å²) in [7, 11) is 0. The molecule has 1 aliphatic rings. The summed E-state index contributed by atoms with van der Waals surface area (Å²) in [6.07, 6.45) is 4.80. The number of hydrogen-bond donors (Lipinski definition) is 2. The summed E-state index contributed by atoms with van der Waals surface area (Å²) >= 11 is 0. The highest BCUT2D eigenvalue weighted by Crippen LogP contribution is 2.29. The van der Waals surface area contributed by atoms with Crippen LogP contribution in [0.3, 0.4) is 0 Å². The van der Waals surface area contributed by atoms with E-state index in [2.05, 4.69) is 36.6 Å². The first-order valence-corrected chi connectivity index (χ1v) is 8.65. The second kappa shape index (κ2) is 7.05. The highest BCUT2D eigenvalue weighted by molar-refractivity contribution is 6.08. The topological polar surface area (TPSA) is 83.0 Å². The van der Waals surface area contributed by atoms with Crippen molar-refractivity contribution >= 4 is 28.2 Å². The van der Waals surface area contributed by atoms with Crippen molar-refractivity contribution in [2.75, 3.05) is 36.4 Å². The number of aryl methyl sites for hydroxylation is 1. The average molecular weight is 348 g/mol. The van der Waals surface area contributed by atoms with Gasteiger partial charge < -0.3 is 15.5 Å². The van der Waals surface area contributed by atoms with Crippen LogP contribution in [0.4, 0.5) is 11.4 Å². The van der Waals surface area contributed by atoms with Crippen LogP contribution in [-0.2, 0) is 0 Å². The van der Waals surface area contributed by atoms with Crippen LogP contribution in [0.25, 0.3) is 10.9 Å². The Morgan fingerprint density at radius 3 is 2.77 bits per heavy atom. The number of aromatic nitrogens is 3. The molecule has 3 heterocycles. The van der Waals surface area contributed by atoms with Gasteiger partial charge in [-0.3, -0.25) is 14.8 Å². The highest BCUT2D eigenvalue weighted by atomic mass is 16.1. The number of hydrogen-bond acceptors (Lipinski definition) is 6. The van der Waals surface area contributed by atoms with Crippen molar-refractivity contribution in [2.45, 2.75) is 6.92 Å². The molecule has 0 unspecified atom stereocenters. The van der Waals surface area contributed by atoms with Crippen LogP contribution >= 0.6 is 0 Å². The quantitative estimate of drug-likeness (QED) is 0.753. The van der Waals surface area contributed by atoms with Gasteiger partial charge in [0.25, 0.3) is 5.91 Å². The number of benzene rings is 1. The third-order valence-corrected chi connectivity index (χ3v) is 4.43. The summed E-state index contributed by atoms with van der Waals surface area (Å²) < 4.78 is 0. The predicted molar refractivity (Wildman–Crippen MR) is 102 cm³/mol. The molecule has 132 valence electrons. The zero-order valence-corrected chi connectivity index (χ0v) is 14.6. The van der Waals surface area contributed by atoms with E-state index in [1.54, 1.807) is 12.4 Å². The van der Waals surface area contributed by atoms with Gasteiger partial charge in [0, 0.05) is 49.6 Å². The second-order valence-electron chi connectivity index (χ2n) is 6.30. The number of pyridine rings is 1. The average Bonchev–Trinajstić information content (AvgIpc) is 2.69. The minimum absolute atomic E-state index is 0.284. The molecule has 0 spiro atoms. The number of piperazine rings is 1. The molecule has 7 nitrogen and oxygen atoms in total. The van der Waals surface area contributed by atoms with Crippen LogP contribution in [0.15, 0.2) is 42.9 Å². The van der Waals surface area contributed by atoms with Crippen LogP contribution in [0.5, 0.6) is 0 Å². The van der Waals surface area contributed by atoms with Gasteiger partial charge in [0.15, 0.2) is 0 Å². The van der Waals surface area contributed by atoms with Gasteiger partial charge in [-0.2, -0.15) is 0 Å². The summed E-state index contributed by atoms with van der Waals surface area (Å²) in [4.78, 5) is 27.6. The first-order chi connectivity index (χ1) is 12.7. The van der Waals surface area contributed by atoms with E-state index in [0.717, 1.165) is 48.5 Å². The first kappa shape index (κ1) is 16.4. The molecular formula is C19H20N6O. The molecule has 1 fully saturated rings. The van der Waals surface area contributed by atoms with E-state index in [1.165, 1.54) is 6.20 Å². The third kappa shape index (κ3) is 3.34. The molecule has 0 atom stereocenters. The zero-order chi connectivity index (χ0) is 17.9. The maximum atomic E-state index is 12.6. The molecule has 1 amide bonds. The summed E-state index contributed by atoms with van der Waals surface area (Å²) in [5.74, 6) is -0.290. The largest absolute Gasteiger partial charge is 0.369 e.